The molecule has 0 aliphatic rings. The monoisotopic (exact) mass is 139 g/mol. The van der Waals surface area contributed by atoms with Crippen LogP contribution in [0.15, 0.2) is 0 Å². The van der Waals surface area contributed by atoms with Crippen molar-refractivity contribution in [1.82, 2.24) is 4.67 Å². The van der Waals surface area contributed by atoms with Gasteiger partial charge in [-0.25, -0.2) is 9.24 Å². The molecule has 0 amide bonds. The van der Waals surface area contributed by atoms with Crippen molar-refractivity contribution in [2.45, 2.75) is 0 Å². The van der Waals surface area contributed by atoms with E-state index in [0.29, 0.717) is 0 Å². The lowest BCUT2D eigenvalue weighted by atomic mass is 11.3. The molecule has 0 aliphatic heterocycles. The zero-order valence-electron chi connectivity index (χ0n) is 5.16. The quantitative estimate of drug-likeness (QED) is 0.559. The number of hydrogen-bond acceptors (Lipinski definition) is 2. The maximum atomic E-state index is 10.5. The fourth-order valence-electron chi connectivity index (χ4n) is 0.163. The van der Waals surface area contributed by atoms with E-state index in [9.17, 15) is 4.57 Å². The lowest BCUT2D eigenvalue weighted by Gasteiger charge is -2.14. The first-order valence-electron chi connectivity index (χ1n) is 2.07. The van der Waals surface area contributed by atoms with Crippen molar-refractivity contribution >= 4 is 7.75 Å². The minimum absolute atomic E-state index is 1.13. The van der Waals surface area contributed by atoms with Gasteiger partial charge in [0.25, 0.3) is 0 Å². The summed E-state index contributed by atoms with van der Waals surface area (Å²) in [5.74, 6) is 0. The first-order valence-corrected chi connectivity index (χ1v) is 3.60. The van der Waals surface area contributed by atoms with Crippen LogP contribution in [0.3, 0.4) is 0 Å². The van der Waals surface area contributed by atoms with Crippen molar-refractivity contribution in [3.8, 4) is 0 Å². The summed E-state index contributed by atoms with van der Waals surface area (Å²) in [6, 6.07) is 0. The van der Waals surface area contributed by atoms with Crippen molar-refractivity contribution < 1.29 is 14.0 Å². The van der Waals surface area contributed by atoms with E-state index < -0.39 is 7.75 Å². The predicted octanol–water partition coefficient (Wildman–Crippen LogP) is 0.295. The minimum atomic E-state index is -3.41. The molecule has 0 rings (SSSR count). The molecule has 0 aromatic heterocycles. The summed E-state index contributed by atoms with van der Waals surface area (Å²) in [7, 11) is 0.736. The third-order valence-corrected chi connectivity index (χ3v) is 2.23. The highest BCUT2D eigenvalue weighted by atomic mass is 31.2. The summed E-state index contributed by atoms with van der Waals surface area (Å²) >= 11 is 0. The molecule has 0 saturated carbocycles. The normalized spacial score (nSPS) is 18.6. The number of nitrogens with zero attached hydrogens (tertiary/aromatic N) is 1. The molecular formula is C3H10NO3P. The SMILES string of the molecule is COP(=O)(O)N(C)C. The van der Waals surface area contributed by atoms with Crippen LogP contribution in [0.1, 0.15) is 0 Å². The first-order chi connectivity index (χ1) is 3.50. The van der Waals surface area contributed by atoms with Crippen molar-refractivity contribution in [3.05, 3.63) is 0 Å². The molecule has 0 aromatic rings. The molecule has 0 aliphatic carbocycles. The van der Waals surface area contributed by atoms with Crippen LogP contribution in [0, 0.1) is 0 Å². The van der Waals surface area contributed by atoms with Gasteiger partial charge in [-0.3, -0.25) is 0 Å². The van der Waals surface area contributed by atoms with E-state index in [1.165, 1.54) is 21.2 Å². The molecule has 0 fully saturated rings. The van der Waals surface area contributed by atoms with Crippen LogP contribution >= 0.6 is 7.75 Å². The molecule has 5 heteroatoms. The van der Waals surface area contributed by atoms with Gasteiger partial charge >= 0.3 is 7.75 Å². The van der Waals surface area contributed by atoms with E-state index in [-0.39, 0.29) is 0 Å². The fourth-order valence-corrected chi connectivity index (χ4v) is 0.490. The van der Waals surface area contributed by atoms with E-state index in [2.05, 4.69) is 4.52 Å². The zero-order chi connectivity index (χ0) is 6.78. The van der Waals surface area contributed by atoms with Crippen LogP contribution in [-0.2, 0) is 9.09 Å². The standard InChI is InChI=1S/C3H10NO3P/c1-4(2)8(5,6)7-3/h1-3H3,(H,5,6). The van der Waals surface area contributed by atoms with Gasteiger partial charge in [0.15, 0.2) is 0 Å². The van der Waals surface area contributed by atoms with Crippen LogP contribution in [-0.4, -0.2) is 30.8 Å². The van der Waals surface area contributed by atoms with Gasteiger partial charge in [0.1, 0.15) is 0 Å². The smallest absolute Gasteiger partial charge is 0.312 e. The molecule has 50 valence electrons. The molecule has 8 heavy (non-hydrogen) atoms. The topological polar surface area (TPSA) is 49.8 Å². The maximum absolute atomic E-state index is 10.5. The van der Waals surface area contributed by atoms with Crippen molar-refractivity contribution in [2.24, 2.45) is 0 Å². The molecule has 0 saturated heterocycles. The molecular weight excluding hydrogens is 129 g/mol. The highest BCUT2D eigenvalue weighted by molar-refractivity contribution is 7.50. The Morgan fingerprint density at radius 1 is 1.62 bits per heavy atom. The summed E-state index contributed by atoms with van der Waals surface area (Å²) in [6.07, 6.45) is 0. The van der Waals surface area contributed by atoms with Crippen molar-refractivity contribution in [1.29, 1.82) is 0 Å². The van der Waals surface area contributed by atoms with Gasteiger partial charge in [0.2, 0.25) is 0 Å². The Labute approximate surface area is 48.7 Å². The second-order valence-corrected chi connectivity index (χ2v) is 3.67. The van der Waals surface area contributed by atoms with Gasteiger partial charge in [-0.1, -0.05) is 0 Å². The van der Waals surface area contributed by atoms with Crippen LogP contribution in [0.4, 0.5) is 0 Å². The van der Waals surface area contributed by atoms with Crippen LogP contribution in [0.2, 0.25) is 0 Å². The average Bonchev–Trinajstić information content (AvgIpc) is 1.67. The summed E-state index contributed by atoms with van der Waals surface area (Å²) in [6.45, 7) is 0. The zero-order valence-corrected chi connectivity index (χ0v) is 6.05. The van der Waals surface area contributed by atoms with Gasteiger partial charge in [-0.15, -0.1) is 0 Å². The fraction of sp³-hybridized carbons (Fsp3) is 1.00. The van der Waals surface area contributed by atoms with Crippen LogP contribution in [0.25, 0.3) is 0 Å². The lowest BCUT2D eigenvalue weighted by Crippen LogP contribution is -2.08. The molecule has 0 spiro atoms. The van der Waals surface area contributed by atoms with Gasteiger partial charge in [0.05, 0.1) is 0 Å². The Morgan fingerprint density at radius 3 is 2.00 bits per heavy atom. The highest BCUT2D eigenvalue weighted by Gasteiger charge is 2.19. The van der Waals surface area contributed by atoms with Crippen molar-refractivity contribution in [2.75, 3.05) is 21.2 Å². The second-order valence-electron chi connectivity index (χ2n) is 1.52. The molecule has 0 aromatic carbocycles. The van der Waals surface area contributed by atoms with Gasteiger partial charge in [0, 0.05) is 7.11 Å². The molecule has 1 N–H and O–H groups in total. The largest absolute Gasteiger partial charge is 0.404 e. The maximum Gasteiger partial charge on any atom is 0.404 e. The lowest BCUT2D eigenvalue weighted by molar-refractivity contribution is 0.266. The predicted molar refractivity (Wildman–Crippen MR) is 30.5 cm³/mol. The van der Waals surface area contributed by atoms with Gasteiger partial charge in [-0.2, -0.15) is 0 Å². The third-order valence-electron chi connectivity index (χ3n) is 0.743. The second kappa shape index (κ2) is 2.60. The molecule has 0 heterocycles. The summed E-state index contributed by atoms with van der Waals surface area (Å²) in [4.78, 5) is 8.66. The van der Waals surface area contributed by atoms with Crippen LogP contribution < -0.4 is 0 Å². The highest BCUT2D eigenvalue weighted by Crippen LogP contribution is 2.42. The van der Waals surface area contributed by atoms with E-state index in [1.54, 1.807) is 0 Å². The minimum Gasteiger partial charge on any atom is -0.312 e. The average molecular weight is 139 g/mol. The summed E-state index contributed by atoms with van der Waals surface area (Å²) < 4.78 is 15.9. The summed E-state index contributed by atoms with van der Waals surface area (Å²) in [5.41, 5.74) is 0. The van der Waals surface area contributed by atoms with Crippen LogP contribution in [0.5, 0.6) is 0 Å². The molecule has 1 unspecified atom stereocenters. The third kappa shape index (κ3) is 1.92. The number of rotatable bonds is 2. The Bertz CT molecular complexity index is 113. The number of hydrogen-bond donors (Lipinski definition) is 1. The van der Waals surface area contributed by atoms with Crippen molar-refractivity contribution in [3.63, 3.8) is 0 Å². The van der Waals surface area contributed by atoms with Gasteiger partial charge in [-0.05, 0) is 14.1 Å². The van der Waals surface area contributed by atoms with E-state index >= 15 is 0 Å². The van der Waals surface area contributed by atoms with E-state index in [0.717, 1.165) is 4.67 Å². The van der Waals surface area contributed by atoms with E-state index in [1.807, 2.05) is 0 Å². The molecule has 0 bridgehead atoms. The molecule has 4 nitrogen and oxygen atoms in total. The Kier molecular flexibility index (Phi) is 2.63. The Morgan fingerprint density at radius 2 is 2.00 bits per heavy atom. The van der Waals surface area contributed by atoms with Gasteiger partial charge < -0.3 is 9.42 Å². The molecule has 1 atom stereocenters. The van der Waals surface area contributed by atoms with E-state index in [4.69, 9.17) is 4.89 Å². The molecule has 0 radical (unpaired) electrons. The Hall–Kier alpha value is 0.110. The summed E-state index contributed by atoms with van der Waals surface area (Å²) in [5, 5.41) is 0. The Balaban J connectivity index is 3.93. The first kappa shape index (κ1) is 8.11.